The number of ether oxygens (including phenoxy) is 1. The first-order valence-electron chi connectivity index (χ1n) is 8.14. The molecule has 0 spiro atoms. The van der Waals surface area contributed by atoms with E-state index in [1.54, 1.807) is 0 Å². The molecule has 0 aliphatic carbocycles. The molecule has 3 nitrogen and oxygen atoms in total. The van der Waals surface area contributed by atoms with Gasteiger partial charge in [0.1, 0.15) is 0 Å². The van der Waals surface area contributed by atoms with E-state index in [1.165, 1.54) is 12.0 Å². The highest BCUT2D eigenvalue weighted by atomic mass is 16.5. The minimum absolute atomic E-state index is 0.484. The van der Waals surface area contributed by atoms with Gasteiger partial charge in [-0.3, -0.25) is 0 Å². The smallest absolute Gasteiger partial charge is 0.0645 e. The highest BCUT2D eigenvalue weighted by molar-refractivity contribution is 5.15. The van der Waals surface area contributed by atoms with E-state index in [0.29, 0.717) is 6.04 Å². The lowest BCUT2D eigenvalue weighted by Gasteiger charge is -2.15. The van der Waals surface area contributed by atoms with Crippen molar-refractivity contribution in [1.29, 1.82) is 0 Å². The van der Waals surface area contributed by atoms with Crippen LogP contribution in [0.3, 0.4) is 0 Å². The highest BCUT2D eigenvalue weighted by Crippen LogP contribution is 2.16. The Kier molecular flexibility index (Phi) is 8.63. The summed E-state index contributed by atoms with van der Waals surface area (Å²) in [6.07, 6.45) is 7.88. The van der Waals surface area contributed by atoms with Crippen molar-refractivity contribution in [1.82, 2.24) is 9.88 Å². The Morgan fingerprint density at radius 1 is 1.25 bits per heavy atom. The molecule has 1 unspecified atom stereocenters. The van der Waals surface area contributed by atoms with Gasteiger partial charge >= 0.3 is 0 Å². The normalized spacial score (nSPS) is 13.1. The van der Waals surface area contributed by atoms with Gasteiger partial charge in [-0.1, -0.05) is 27.7 Å². The fourth-order valence-corrected chi connectivity index (χ4v) is 2.21. The van der Waals surface area contributed by atoms with Gasteiger partial charge in [0, 0.05) is 31.6 Å². The summed E-state index contributed by atoms with van der Waals surface area (Å²) in [6.45, 7) is 12.6. The molecule has 3 heteroatoms. The van der Waals surface area contributed by atoms with Crippen molar-refractivity contribution in [2.75, 3.05) is 19.8 Å². The standard InChI is InChI=1S/C17H32N2O/c1-5-9-18-17(6-2)16-7-10-19(14-16)11-13-20-12-8-15(3)4/h7,10,14-15,17-18H,5-6,8-9,11-13H2,1-4H3. The van der Waals surface area contributed by atoms with Gasteiger partial charge in [0.25, 0.3) is 0 Å². The van der Waals surface area contributed by atoms with Crippen LogP contribution in [-0.2, 0) is 11.3 Å². The third-order valence-electron chi connectivity index (χ3n) is 3.56. The fraction of sp³-hybridized carbons (Fsp3) is 0.765. The van der Waals surface area contributed by atoms with Gasteiger partial charge in [0.2, 0.25) is 0 Å². The van der Waals surface area contributed by atoms with Gasteiger partial charge in [0.05, 0.1) is 6.61 Å². The molecular formula is C17H32N2O. The van der Waals surface area contributed by atoms with Crippen molar-refractivity contribution >= 4 is 0 Å². The average Bonchev–Trinajstić information content (AvgIpc) is 2.88. The number of rotatable bonds is 11. The minimum atomic E-state index is 0.484. The highest BCUT2D eigenvalue weighted by Gasteiger charge is 2.09. The van der Waals surface area contributed by atoms with E-state index in [2.05, 4.69) is 56.0 Å². The van der Waals surface area contributed by atoms with Gasteiger partial charge in [-0.25, -0.2) is 0 Å². The largest absolute Gasteiger partial charge is 0.380 e. The van der Waals surface area contributed by atoms with Crippen molar-refractivity contribution in [2.24, 2.45) is 5.92 Å². The van der Waals surface area contributed by atoms with E-state index in [0.717, 1.165) is 45.1 Å². The molecule has 0 aliphatic heterocycles. The van der Waals surface area contributed by atoms with E-state index in [9.17, 15) is 0 Å². The lowest BCUT2D eigenvalue weighted by molar-refractivity contribution is 0.116. The third kappa shape index (κ3) is 6.58. The zero-order valence-corrected chi connectivity index (χ0v) is 13.7. The van der Waals surface area contributed by atoms with Crippen molar-refractivity contribution in [3.8, 4) is 0 Å². The molecule has 1 N–H and O–H groups in total. The van der Waals surface area contributed by atoms with Gasteiger partial charge in [-0.05, 0) is 43.4 Å². The van der Waals surface area contributed by atoms with Crippen LogP contribution in [-0.4, -0.2) is 24.3 Å². The maximum atomic E-state index is 5.67. The molecule has 0 saturated carbocycles. The Morgan fingerprint density at radius 2 is 2.05 bits per heavy atom. The number of nitrogens with zero attached hydrogens (tertiary/aromatic N) is 1. The quantitative estimate of drug-likeness (QED) is 0.620. The molecule has 116 valence electrons. The summed E-state index contributed by atoms with van der Waals surface area (Å²) in [5, 5.41) is 3.59. The van der Waals surface area contributed by atoms with Crippen molar-refractivity contribution in [3.63, 3.8) is 0 Å². The lowest BCUT2D eigenvalue weighted by atomic mass is 10.1. The van der Waals surface area contributed by atoms with Crippen LogP contribution >= 0.6 is 0 Å². The summed E-state index contributed by atoms with van der Waals surface area (Å²) >= 11 is 0. The summed E-state index contributed by atoms with van der Waals surface area (Å²) in [5.74, 6) is 0.725. The van der Waals surface area contributed by atoms with Crippen LogP contribution in [0.15, 0.2) is 18.5 Å². The number of hydrogen-bond donors (Lipinski definition) is 1. The molecule has 0 aliphatic rings. The molecule has 0 aromatic carbocycles. The van der Waals surface area contributed by atoms with Crippen molar-refractivity contribution in [2.45, 2.75) is 59.5 Å². The average molecular weight is 280 g/mol. The van der Waals surface area contributed by atoms with Gasteiger partial charge in [-0.2, -0.15) is 0 Å². The first-order valence-corrected chi connectivity index (χ1v) is 8.14. The molecule has 1 aromatic heterocycles. The van der Waals surface area contributed by atoms with Gasteiger partial charge in [-0.15, -0.1) is 0 Å². The van der Waals surface area contributed by atoms with Crippen LogP contribution in [0.1, 0.15) is 58.6 Å². The third-order valence-corrected chi connectivity index (χ3v) is 3.56. The SMILES string of the molecule is CCCNC(CC)c1ccn(CCOCCC(C)C)c1. The zero-order chi connectivity index (χ0) is 14.8. The number of nitrogens with one attached hydrogen (secondary N) is 1. The fourth-order valence-electron chi connectivity index (χ4n) is 2.21. The Hall–Kier alpha value is -0.800. The Labute approximate surface area is 124 Å². The van der Waals surface area contributed by atoms with E-state index < -0.39 is 0 Å². The summed E-state index contributed by atoms with van der Waals surface area (Å²) in [6, 6.07) is 2.71. The summed E-state index contributed by atoms with van der Waals surface area (Å²) in [7, 11) is 0. The lowest BCUT2D eigenvalue weighted by Crippen LogP contribution is -2.21. The van der Waals surface area contributed by atoms with Crippen LogP contribution in [0, 0.1) is 5.92 Å². The Balaban J connectivity index is 2.31. The molecule has 1 atom stereocenters. The van der Waals surface area contributed by atoms with Gasteiger partial charge in [0.15, 0.2) is 0 Å². The summed E-state index contributed by atoms with van der Waals surface area (Å²) in [4.78, 5) is 0. The molecule has 0 radical (unpaired) electrons. The predicted molar refractivity (Wildman–Crippen MR) is 86.0 cm³/mol. The zero-order valence-electron chi connectivity index (χ0n) is 13.7. The molecular weight excluding hydrogens is 248 g/mol. The number of hydrogen-bond acceptors (Lipinski definition) is 2. The molecule has 1 aromatic rings. The second-order valence-corrected chi connectivity index (χ2v) is 5.89. The van der Waals surface area contributed by atoms with Crippen LogP contribution in [0.4, 0.5) is 0 Å². The van der Waals surface area contributed by atoms with Crippen LogP contribution in [0.5, 0.6) is 0 Å². The van der Waals surface area contributed by atoms with Crippen molar-refractivity contribution < 1.29 is 4.74 Å². The summed E-state index contributed by atoms with van der Waals surface area (Å²) in [5.41, 5.74) is 1.39. The topological polar surface area (TPSA) is 26.2 Å². The van der Waals surface area contributed by atoms with Crippen LogP contribution in [0.25, 0.3) is 0 Å². The van der Waals surface area contributed by atoms with E-state index in [4.69, 9.17) is 4.74 Å². The molecule has 0 amide bonds. The Bertz CT molecular complexity index is 347. The van der Waals surface area contributed by atoms with Crippen LogP contribution < -0.4 is 5.32 Å². The van der Waals surface area contributed by atoms with E-state index in [1.807, 2.05) is 0 Å². The molecule has 1 rings (SSSR count). The molecule has 0 saturated heterocycles. The first kappa shape index (κ1) is 17.3. The molecule has 0 bridgehead atoms. The second kappa shape index (κ2) is 10.0. The maximum Gasteiger partial charge on any atom is 0.0645 e. The summed E-state index contributed by atoms with van der Waals surface area (Å²) < 4.78 is 7.91. The monoisotopic (exact) mass is 280 g/mol. The van der Waals surface area contributed by atoms with Crippen LogP contribution in [0.2, 0.25) is 0 Å². The second-order valence-electron chi connectivity index (χ2n) is 5.89. The molecule has 20 heavy (non-hydrogen) atoms. The molecule has 1 heterocycles. The van der Waals surface area contributed by atoms with E-state index in [-0.39, 0.29) is 0 Å². The predicted octanol–water partition coefficient (Wildman–Crippen LogP) is 4.00. The number of aromatic nitrogens is 1. The van der Waals surface area contributed by atoms with Gasteiger partial charge < -0.3 is 14.6 Å². The first-order chi connectivity index (χ1) is 9.67. The Morgan fingerprint density at radius 3 is 2.70 bits per heavy atom. The maximum absolute atomic E-state index is 5.67. The minimum Gasteiger partial charge on any atom is -0.380 e. The van der Waals surface area contributed by atoms with Crippen molar-refractivity contribution in [3.05, 3.63) is 24.0 Å². The van der Waals surface area contributed by atoms with E-state index >= 15 is 0 Å². The molecule has 0 fully saturated rings.